The monoisotopic (exact) mass is 476 g/mol. The van der Waals surface area contributed by atoms with E-state index in [2.05, 4.69) is 23.5 Å². The second-order valence-corrected chi connectivity index (χ2v) is 10.9. The number of sulfonamides is 1. The van der Waals surface area contributed by atoms with Crippen molar-refractivity contribution >= 4 is 33.2 Å². The molecule has 32 heavy (non-hydrogen) atoms. The largest absolute Gasteiger partial charge is 0.347 e. The van der Waals surface area contributed by atoms with Gasteiger partial charge in [0.15, 0.2) is 0 Å². The molecule has 1 aliphatic rings. The van der Waals surface area contributed by atoms with Crippen LogP contribution in [0.4, 0.5) is 5.69 Å². The Morgan fingerprint density at radius 2 is 1.75 bits per heavy atom. The first-order valence-corrected chi connectivity index (χ1v) is 13.6. The van der Waals surface area contributed by atoms with Crippen molar-refractivity contribution in [2.45, 2.75) is 71.4 Å². The molecule has 0 spiro atoms. The van der Waals surface area contributed by atoms with E-state index in [4.69, 9.17) is 11.6 Å². The highest BCUT2D eigenvalue weighted by Gasteiger charge is 2.33. The van der Waals surface area contributed by atoms with E-state index >= 15 is 0 Å². The molecule has 2 atom stereocenters. The van der Waals surface area contributed by atoms with Crippen molar-refractivity contribution < 1.29 is 13.2 Å². The maximum Gasteiger partial charge on any atom is 0.244 e. The van der Waals surface area contributed by atoms with Gasteiger partial charge in [0.05, 0.1) is 18.0 Å². The number of hydrogen-bond donors (Lipinski definition) is 1. The first-order valence-electron chi connectivity index (χ1n) is 11.3. The van der Waals surface area contributed by atoms with Gasteiger partial charge in [-0.15, -0.1) is 0 Å². The zero-order valence-corrected chi connectivity index (χ0v) is 20.9. The Hall–Kier alpha value is -2.05. The Kier molecular flexibility index (Phi) is 7.88. The Balaban J connectivity index is 1.89. The molecule has 0 saturated heterocycles. The van der Waals surface area contributed by atoms with Gasteiger partial charge < -0.3 is 5.32 Å². The molecular weight excluding hydrogens is 444 g/mol. The van der Waals surface area contributed by atoms with Crippen LogP contribution < -0.4 is 9.62 Å². The summed E-state index contributed by atoms with van der Waals surface area (Å²) < 4.78 is 26.6. The summed E-state index contributed by atoms with van der Waals surface area (Å²) in [5, 5.41) is 3.58. The molecule has 0 unspecified atom stereocenters. The Morgan fingerprint density at radius 3 is 2.34 bits per heavy atom. The van der Waals surface area contributed by atoms with Crippen molar-refractivity contribution in [3.8, 4) is 0 Å². The molecule has 2 aromatic rings. The third-order valence-corrected chi connectivity index (χ3v) is 7.83. The molecule has 0 aliphatic heterocycles. The van der Waals surface area contributed by atoms with Crippen molar-refractivity contribution in [2.75, 3.05) is 10.6 Å². The van der Waals surface area contributed by atoms with Crippen LogP contribution in [0.25, 0.3) is 0 Å². The fraction of sp³-hybridized carbons (Fsp3) is 0.480. The Morgan fingerprint density at radius 1 is 1.06 bits per heavy atom. The summed E-state index contributed by atoms with van der Waals surface area (Å²) in [6.07, 6.45) is 6.78. The second-order valence-electron chi connectivity index (χ2n) is 8.62. The topological polar surface area (TPSA) is 66.5 Å². The van der Waals surface area contributed by atoms with E-state index in [0.717, 1.165) is 36.6 Å². The molecule has 0 bridgehead atoms. The maximum atomic E-state index is 13.4. The number of fused-ring (bicyclic) bond motifs is 1. The number of amides is 1. The van der Waals surface area contributed by atoms with Crippen LogP contribution in [0.5, 0.6) is 0 Å². The summed E-state index contributed by atoms with van der Waals surface area (Å²) in [6, 6.07) is 10.5. The van der Waals surface area contributed by atoms with Gasteiger partial charge >= 0.3 is 0 Å². The fourth-order valence-corrected chi connectivity index (χ4v) is 5.82. The lowest BCUT2D eigenvalue weighted by molar-refractivity contribution is -0.123. The number of aryl methyl sites for hydroxylation is 3. The summed E-state index contributed by atoms with van der Waals surface area (Å²) in [5.74, 6) is -0.306. The zero-order valence-electron chi connectivity index (χ0n) is 19.3. The number of benzene rings is 2. The van der Waals surface area contributed by atoms with E-state index in [0.29, 0.717) is 17.1 Å². The van der Waals surface area contributed by atoms with Gasteiger partial charge in [-0.2, -0.15) is 0 Å². The van der Waals surface area contributed by atoms with Crippen LogP contribution in [0.15, 0.2) is 36.4 Å². The lowest BCUT2D eigenvalue weighted by atomic mass is 9.88. The minimum atomic E-state index is -3.71. The van der Waals surface area contributed by atoms with Crippen molar-refractivity contribution in [1.82, 2.24) is 5.32 Å². The standard InChI is InChI=1S/C25H33ClN2O3S/c1-5-23(20-13-12-18-9-7-8-10-19(18)15-20)27-25(29)24(6-2)28(32(4,30)31)21-14-11-17(3)22(26)16-21/h11-16,23-24H,5-10H2,1-4H3,(H,27,29)/t23-,24-/m1/s1. The van der Waals surface area contributed by atoms with Crippen LogP contribution in [-0.4, -0.2) is 26.6 Å². The predicted molar refractivity (Wildman–Crippen MR) is 132 cm³/mol. The minimum absolute atomic E-state index is 0.174. The average molecular weight is 477 g/mol. The minimum Gasteiger partial charge on any atom is -0.347 e. The van der Waals surface area contributed by atoms with E-state index < -0.39 is 16.1 Å². The highest BCUT2D eigenvalue weighted by Crippen LogP contribution is 2.29. The van der Waals surface area contributed by atoms with Gasteiger partial charge in [0.1, 0.15) is 6.04 Å². The molecule has 1 amide bonds. The molecule has 0 heterocycles. The molecule has 0 fully saturated rings. The molecule has 1 N–H and O–H groups in total. The van der Waals surface area contributed by atoms with Gasteiger partial charge in [-0.05, 0) is 79.8 Å². The van der Waals surface area contributed by atoms with Crippen molar-refractivity contribution in [1.29, 1.82) is 0 Å². The lowest BCUT2D eigenvalue weighted by Crippen LogP contribution is -2.50. The molecule has 1 aliphatic carbocycles. The fourth-order valence-electron chi connectivity index (χ4n) is 4.44. The van der Waals surface area contributed by atoms with E-state index in [1.54, 1.807) is 18.2 Å². The van der Waals surface area contributed by atoms with Crippen LogP contribution in [0.1, 0.15) is 67.8 Å². The molecule has 0 radical (unpaired) electrons. The number of rotatable bonds is 8. The van der Waals surface area contributed by atoms with E-state index in [1.165, 1.54) is 28.3 Å². The van der Waals surface area contributed by atoms with Crippen LogP contribution in [0, 0.1) is 6.92 Å². The third-order valence-electron chi connectivity index (χ3n) is 6.24. The summed E-state index contributed by atoms with van der Waals surface area (Å²) in [4.78, 5) is 13.4. The third kappa shape index (κ3) is 5.46. The van der Waals surface area contributed by atoms with Gasteiger partial charge in [0, 0.05) is 5.02 Å². The molecule has 7 heteroatoms. The highest BCUT2D eigenvalue weighted by molar-refractivity contribution is 7.92. The van der Waals surface area contributed by atoms with Gasteiger partial charge in [-0.1, -0.05) is 49.7 Å². The van der Waals surface area contributed by atoms with Crippen LogP contribution >= 0.6 is 11.6 Å². The van der Waals surface area contributed by atoms with Crippen LogP contribution in [0.3, 0.4) is 0 Å². The average Bonchev–Trinajstić information content (AvgIpc) is 2.76. The normalized spacial score (nSPS) is 15.5. The Labute approximate surface area is 197 Å². The second kappa shape index (κ2) is 10.3. The summed E-state index contributed by atoms with van der Waals surface area (Å²) >= 11 is 6.26. The van der Waals surface area contributed by atoms with Gasteiger partial charge in [-0.25, -0.2) is 8.42 Å². The SMILES string of the molecule is CC[C@H](C(=O)N[C@H](CC)c1ccc2c(c1)CCCC2)N(c1ccc(C)c(Cl)c1)S(C)(=O)=O. The summed E-state index contributed by atoms with van der Waals surface area (Å²) in [6.45, 7) is 5.70. The molecule has 0 saturated carbocycles. The molecule has 3 rings (SSSR count). The van der Waals surface area contributed by atoms with Crippen LogP contribution in [0.2, 0.25) is 5.02 Å². The van der Waals surface area contributed by atoms with E-state index in [1.807, 2.05) is 20.8 Å². The van der Waals surface area contributed by atoms with Gasteiger partial charge in [0.2, 0.25) is 15.9 Å². The van der Waals surface area contributed by atoms with Gasteiger partial charge in [0.25, 0.3) is 0 Å². The number of nitrogens with one attached hydrogen (secondary N) is 1. The zero-order chi connectivity index (χ0) is 23.5. The Bertz CT molecular complexity index is 1080. The molecule has 0 aromatic heterocycles. The molecule has 5 nitrogen and oxygen atoms in total. The van der Waals surface area contributed by atoms with E-state index in [9.17, 15) is 13.2 Å². The number of nitrogens with zero attached hydrogens (tertiary/aromatic N) is 1. The van der Waals surface area contributed by atoms with Gasteiger partial charge in [-0.3, -0.25) is 9.10 Å². The highest BCUT2D eigenvalue weighted by atomic mass is 35.5. The van der Waals surface area contributed by atoms with Crippen molar-refractivity contribution in [2.24, 2.45) is 0 Å². The number of carbonyl (C=O) groups excluding carboxylic acids is 1. The number of carbonyl (C=O) groups is 1. The molecule has 174 valence electrons. The molecule has 2 aromatic carbocycles. The number of anilines is 1. The number of halogens is 1. The summed E-state index contributed by atoms with van der Waals surface area (Å²) in [7, 11) is -3.71. The first-order chi connectivity index (χ1) is 15.2. The maximum absolute atomic E-state index is 13.4. The first kappa shape index (κ1) is 24.6. The lowest BCUT2D eigenvalue weighted by Gasteiger charge is -2.32. The van der Waals surface area contributed by atoms with E-state index in [-0.39, 0.29) is 11.9 Å². The van der Waals surface area contributed by atoms with Crippen molar-refractivity contribution in [3.63, 3.8) is 0 Å². The predicted octanol–water partition coefficient (Wildman–Crippen LogP) is 5.34. The summed E-state index contributed by atoms with van der Waals surface area (Å²) in [5.41, 5.74) is 5.07. The molecular formula is C25H33ClN2O3S. The quantitative estimate of drug-likeness (QED) is 0.559. The van der Waals surface area contributed by atoms with Crippen molar-refractivity contribution in [3.05, 3.63) is 63.7 Å². The number of hydrogen-bond acceptors (Lipinski definition) is 3. The smallest absolute Gasteiger partial charge is 0.244 e. The van der Waals surface area contributed by atoms with Crippen LogP contribution in [-0.2, 0) is 27.7 Å².